The molecule has 4 rings (SSSR count). The number of rotatable bonds is 3. The van der Waals surface area contributed by atoms with Crippen LogP contribution in [0.1, 0.15) is 34.0 Å². The Bertz CT molecular complexity index is 783. The molecule has 0 saturated heterocycles. The van der Waals surface area contributed by atoms with Gasteiger partial charge in [-0.3, -0.25) is 9.89 Å². The molecule has 0 unspecified atom stereocenters. The highest BCUT2D eigenvalue weighted by Gasteiger charge is 2.22. The maximum atomic E-state index is 12.2. The van der Waals surface area contributed by atoms with Gasteiger partial charge in [-0.1, -0.05) is 12.1 Å². The van der Waals surface area contributed by atoms with Crippen molar-refractivity contribution >= 4 is 16.9 Å². The lowest BCUT2D eigenvalue weighted by molar-refractivity contribution is 0.0944. The van der Waals surface area contributed by atoms with Crippen molar-refractivity contribution in [3.63, 3.8) is 0 Å². The van der Waals surface area contributed by atoms with Crippen LogP contribution in [0.15, 0.2) is 24.3 Å². The molecule has 1 aromatic carbocycles. The van der Waals surface area contributed by atoms with Crippen LogP contribution < -0.4 is 5.32 Å². The highest BCUT2D eigenvalue weighted by atomic mass is 16.1. The monoisotopic (exact) mass is 281 g/mol. The minimum atomic E-state index is -0.144. The Kier molecular flexibility index (Phi) is 2.73. The van der Waals surface area contributed by atoms with Gasteiger partial charge in [0.1, 0.15) is 5.82 Å². The van der Waals surface area contributed by atoms with Crippen molar-refractivity contribution in [3.8, 4) is 0 Å². The van der Waals surface area contributed by atoms with Crippen molar-refractivity contribution in [3.05, 3.63) is 47.0 Å². The van der Waals surface area contributed by atoms with Crippen molar-refractivity contribution in [2.24, 2.45) is 0 Å². The Morgan fingerprint density at radius 1 is 1.29 bits per heavy atom. The van der Waals surface area contributed by atoms with Crippen LogP contribution in [0, 0.1) is 0 Å². The molecule has 2 aromatic heterocycles. The molecular formula is C15H15N5O. The van der Waals surface area contributed by atoms with Crippen LogP contribution in [0.4, 0.5) is 0 Å². The Balaban J connectivity index is 1.49. The van der Waals surface area contributed by atoms with Gasteiger partial charge in [0.15, 0.2) is 5.69 Å². The van der Waals surface area contributed by atoms with Crippen molar-refractivity contribution in [2.75, 3.05) is 0 Å². The van der Waals surface area contributed by atoms with E-state index in [2.05, 4.69) is 25.5 Å². The van der Waals surface area contributed by atoms with Crippen LogP contribution in [0.3, 0.4) is 0 Å². The molecule has 1 amide bonds. The average molecular weight is 281 g/mol. The number of carbonyl (C=O) groups excluding carboxylic acids is 1. The predicted molar refractivity (Wildman–Crippen MR) is 77.9 cm³/mol. The molecule has 0 aliphatic heterocycles. The van der Waals surface area contributed by atoms with Gasteiger partial charge in [-0.2, -0.15) is 5.10 Å². The summed E-state index contributed by atoms with van der Waals surface area (Å²) in [5.74, 6) is 0.603. The van der Waals surface area contributed by atoms with Crippen LogP contribution in [-0.4, -0.2) is 26.1 Å². The minimum Gasteiger partial charge on any atom is -0.343 e. The van der Waals surface area contributed by atoms with E-state index in [1.807, 2.05) is 24.3 Å². The van der Waals surface area contributed by atoms with Crippen molar-refractivity contribution in [1.82, 2.24) is 25.5 Å². The van der Waals surface area contributed by atoms with Gasteiger partial charge < -0.3 is 10.3 Å². The molecule has 6 heteroatoms. The molecule has 1 aliphatic carbocycles. The molecule has 0 atom stereocenters. The summed E-state index contributed by atoms with van der Waals surface area (Å²) in [5, 5.41) is 9.95. The van der Waals surface area contributed by atoms with Crippen molar-refractivity contribution in [2.45, 2.75) is 25.8 Å². The lowest BCUT2D eigenvalue weighted by Gasteiger charge is -2.01. The van der Waals surface area contributed by atoms with E-state index in [0.29, 0.717) is 12.2 Å². The highest BCUT2D eigenvalue weighted by molar-refractivity contribution is 5.94. The normalized spacial score (nSPS) is 13.5. The second-order valence-corrected chi connectivity index (χ2v) is 5.27. The summed E-state index contributed by atoms with van der Waals surface area (Å²) < 4.78 is 0. The highest BCUT2D eigenvalue weighted by Crippen LogP contribution is 2.22. The third kappa shape index (κ3) is 2.08. The van der Waals surface area contributed by atoms with E-state index in [-0.39, 0.29) is 5.91 Å². The predicted octanol–water partition coefficient (Wildman–Crippen LogP) is 1.70. The number of imidazole rings is 1. The van der Waals surface area contributed by atoms with Gasteiger partial charge >= 0.3 is 0 Å². The van der Waals surface area contributed by atoms with Crippen molar-refractivity contribution < 1.29 is 4.79 Å². The smallest absolute Gasteiger partial charge is 0.272 e. The number of aromatic amines is 2. The van der Waals surface area contributed by atoms with E-state index < -0.39 is 0 Å². The number of nitrogens with zero attached hydrogens (tertiary/aromatic N) is 2. The van der Waals surface area contributed by atoms with Gasteiger partial charge in [0.2, 0.25) is 0 Å². The lowest BCUT2D eigenvalue weighted by atomic mass is 10.2. The summed E-state index contributed by atoms with van der Waals surface area (Å²) in [7, 11) is 0. The SMILES string of the molecule is O=C(NCc1nc2ccccc2[nH]1)c1n[nH]c2c1CCC2. The zero-order valence-electron chi connectivity index (χ0n) is 11.4. The van der Waals surface area contributed by atoms with Gasteiger partial charge in [0, 0.05) is 11.3 Å². The zero-order chi connectivity index (χ0) is 14.2. The van der Waals surface area contributed by atoms with Gasteiger partial charge in [-0.15, -0.1) is 0 Å². The zero-order valence-corrected chi connectivity index (χ0v) is 11.4. The van der Waals surface area contributed by atoms with Gasteiger partial charge in [0.25, 0.3) is 5.91 Å². The third-order valence-corrected chi connectivity index (χ3v) is 3.88. The fraction of sp³-hybridized carbons (Fsp3) is 0.267. The first-order valence-corrected chi connectivity index (χ1v) is 7.09. The molecule has 0 radical (unpaired) electrons. The molecule has 0 saturated carbocycles. The number of aryl methyl sites for hydroxylation is 1. The molecule has 0 bridgehead atoms. The number of aromatic nitrogens is 4. The maximum Gasteiger partial charge on any atom is 0.272 e. The third-order valence-electron chi connectivity index (χ3n) is 3.88. The summed E-state index contributed by atoms with van der Waals surface area (Å²) in [6.07, 6.45) is 3.01. The number of amides is 1. The first-order valence-electron chi connectivity index (χ1n) is 7.09. The molecule has 106 valence electrons. The van der Waals surface area contributed by atoms with Gasteiger partial charge in [-0.25, -0.2) is 4.98 Å². The number of nitrogens with one attached hydrogen (secondary N) is 3. The Morgan fingerprint density at radius 2 is 2.19 bits per heavy atom. The molecule has 0 fully saturated rings. The van der Waals surface area contributed by atoms with E-state index in [1.54, 1.807) is 0 Å². The first kappa shape index (κ1) is 12.1. The molecule has 2 heterocycles. The van der Waals surface area contributed by atoms with Crippen LogP contribution in [0.5, 0.6) is 0 Å². The fourth-order valence-electron chi connectivity index (χ4n) is 2.84. The Hall–Kier alpha value is -2.63. The molecule has 21 heavy (non-hydrogen) atoms. The maximum absolute atomic E-state index is 12.2. The fourth-order valence-corrected chi connectivity index (χ4v) is 2.84. The van der Waals surface area contributed by atoms with Crippen LogP contribution >= 0.6 is 0 Å². The van der Waals surface area contributed by atoms with E-state index in [1.165, 1.54) is 0 Å². The second-order valence-electron chi connectivity index (χ2n) is 5.27. The summed E-state index contributed by atoms with van der Waals surface area (Å²) in [6.45, 7) is 0.370. The summed E-state index contributed by atoms with van der Waals surface area (Å²) in [6, 6.07) is 7.81. The average Bonchev–Trinajstić information content (AvgIpc) is 3.18. The largest absolute Gasteiger partial charge is 0.343 e. The number of H-pyrrole nitrogens is 2. The second kappa shape index (κ2) is 4.73. The molecule has 1 aliphatic rings. The van der Waals surface area contributed by atoms with E-state index in [0.717, 1.165) is 47.4 Å². The number of benzene rings is 1. The van der Waals surface area contributed by atoms with Crippen LogP contribution in [0.25, 0.3) is 11.0 Å². The summed E-state index contributed by atoms with van der Waals surface area (Å²) in [5.41, 5.74) is 4.57. The summed E-state index contributed by atoms with van der Waals surface area (Å²) in [4.78, 5) is 19.9. The quantitative estimate of drug-likeness (QED) is 0.683. The summed E-state index contributed by atoms with van der Waals surface area (Å²) >= 11 is 0. The Morgan fingerprint density at radius 3 is 3.10 bits per heavy atom. The number of hydrogen-bond donors (Lipinski definition) is 3. The van der Waals surface area contributed by atoms with Gasteiger partial charge in [-0.05, 0) is 31.4 Å². The first-order chi connectivity index (χ1) is 10.3. The van der Waals surface area contributed by atoms with E-state index in [9.17, 15) is 4.79 Å². The molecule has 0 spiro atoms. The standard InChI is InChI=1S/C15H15N5O/c21-15(14-9-4-3-7-10(9)19-20-14)16-8-13-17-11-5-1-2-6-12(11)18-13/h1-2,5-6H,3-4,7-8H2,(H,16,21)(H,17,18)(H,19,20). The Labute approximate surface area is 121 Å². The number of para-hydroxylation sites is 2. The van der Waals surface area contributed by atoms with Crippen LogP contribution in [0.2, 0.25) is 0 Å². The molecule has 3 aromatic rings. The number of fused-ring (bicyclic) bond motifs is 2. The van der Waals surface area contributed by atoms with Gasteiger partial charge in [0.05, 0.1) is 17.6 Å². The van der Waals surface area contributed by atoms with Crippen LogP contribution in [-0.2, 0) is 19.4 Å². The van der Waals surface area contributed by atoms with Crippen molar-refractivity contribution in [1.29, 1.82) is 0 Å². The lowest BCUT2D eigenvalue weighted by Crippen LogP contribution is -2.24. The van der Waals surface area contributed by atoms with E-state index >= 15 is 0 Å². The number of hydrogen-bond acceptors (Lipinski definition) is 3. The molecule has 6 nitrogen and oxygen atoms in total. The minimum absolute atomic E-state index is 0.144. The topological polar surface area (TPSA) is 86.5 Å². The molecular weight excluding hydrogens is 266 g/mol. The van der Waals surface area contributed by atoms with E-state index in [4.69, 9.17) is 0 Å². The molecule has 3 N–H and O–H groups in total. The number of carbonyl (C=O) groups is 1.